The third-order valence-electron chi connectivity index (χ3n) is 6.58. The second-order valence-electron chi connectivity index (χ2n) is 8.69. The Morgan fingerprint density at radius 3 is 2.31 bits per heavy atom. The minimum atomic E-state index is -2.56. The van der Waals surface area contributed by atoms with E-state index < -0.39 is 8.32 Å². The molecule has 35 heavy (non-hydrogen) atoms. The molecule has 0 spiro atoms. The molecule has 2 N–H and O–H groups in total. The van der Waals surface area contributed by atoms with Gasteiger partial charge in [-0.1, -0.05) is 92.2 Å². The lowest BCUT2D eigenvalue weighted by Crippen LogP contribution is -2.63. The number of unbranched alkanes of at least 4 members (excludes halogenated alkanes) is 1. The van der Waals surface area contributed by atoms with Crippen molar-refractivity contribution in [1.82, 2.24) is 15.2 Å². The van der Waals surface area contributed by atoms with Crippen LogP contribution in [0.1, 0.15) is 31.5 Å². The van der Waals surface area contributed by atoms with Crippen LogP contribution in [0, 0.1) is 0 Å². The fourth-order valence-corrected chi connectivity index (χ4v) is 9.37. The highest BCUT2D eigenvalue weighted by molar-refractivity contribution is 8.13. The molecule has 6 nitrogen and oxygen atoms in total. The van der Waals surface area contributed by atoms with Crippen molar-refractivity contribution in [2.24, 2.45) is 4.99 Å². The Labute approximate surface area is 213 Å². The molecular weight excluding hydrogens is 472 g/mol. The van der Waals surface area contributed by atoms with Gasteiger partial charge in [0.15, 0.2) is 5.17 Å². The largest absolute Gasteiger partial charge is 0.406 e. The van der Waals surface area contributed by atoms with Gasteiger partial charge < -0.3 is 15.1 Å². The molecule has 8 heteroatoms. The Bertz CT molecular complexity index is 1100. The van der Waals surface area contributed by atoms with E-state index in [0.29, 0.717) is 6.61 Å². The molecule has 2 atom stereocenters. The van der Waals surface area contributed by atoms with E-state index in [2.05, 4.69) is 83.2 Å². The molecule has 1 amide bonds. The van der Waals surface area contributed by atoms with Gasteiger partial charge in [0.05, 0.1) is 24.4 Å². The molecule has 184 valence electrons. The maximum atomic E-state index is 12.9. The number of aromatic nitrogens is 1. The molecule has 3 aromatic rings. The Kier molecular flexibility index (Phi) is 8.49. The van der Waals surface area contributed by atoms with Gasteiger partial charge >= 0.3 is 6.03 Å². The predicted molar refractivity (Wildman–Crippen MR) is 148 cm³/mol. The topological polar surface area (TPSA) is 67.7 Å². The molecule has 0 unspecified atom stereocenters. The number of benzene rings is 2. The number of carbonyl (C=O) groups is 1. The Morgan fingerprint density at radius 1 is 1.09 bits per heavy atom. The summed E-state index contributed by atoms with van der Waals surface area (Å²) < 4.78 is 8.76. The third kappa shape index (κ3) is 5.39. The smallest absolute Gasteiger partial charge is 0.326 e. The van der Waals surface area contributed by atoms with Gasteiger partial charge in [-0.15, -0.1) is 0 Å². The number of nitrogens with one attached hydrogen (secondary N) is 2. The van der Waals surface area contributed by atoms with Crippen LogP contribution >= 0.6 is 11.8 Å². The van der Waals surface area contributed by atoms with Crippen LogP contribution in [-0.4, -0.2) is 50.0 Å². The summed E-state index contributed by atoms with van der Waals surface area (Å²) in [5, 5.41) is 10.1. The highest BCUT2D eigenvalue weighted by Gasteiger charge is 2.42. The van der Waals surface area contributed by atoms with Crippen molar-refractivity contribution < 1.29 is 9.22 Å². The van der Waals surface area contributed by atoms with E-state index in [1.807, 2.05) is 18.4 Å². The summed E-state index contributed by atoms with van der Waals surface area (Å²) in [5.41, 5.74) is 0.915. The lowest BCUT2D eigenvalue weighted by atomic mass is 10.0. The molecule has 2 aromatic carbocycles. The summed E-state index contributed by atoms with van der Waals surface area (Å²) in [4.78, 5) is 17.3. The maximum Gasteiger partial charge on any atom is 0.326 e. The lowest BCUT2D eigenvalue weighted by Gasteiger charge is -2.38. The quantitative estimate of drug-likeness (QED) is 0.262. The number of nitrogens with zero attached hydrogens (tertiary/aromatic N) is 2. The number of hydrogen-bond acceptors (Lipinski definition) is 4. The molecule has 4 rings (SSSR count). The number of aliphatic imine (C=N–C) groups is 1. The molecule has 1 aliphatic rings. The molecule has 0 fully saturated rings. The van der Waals surface area contributed by atoms with Crippen molar-refractivity contribution in [2.45, 2.75) is 37.9 Å². The van der Waals surface area contributed by atoms with E-state index in [1.54, 1.807) is 29.6 Å². The van der Waals surface area contributed by atoms with Gasteiger partial charge in [-0.3, -0.25) is 9.56 Å². The number of amides is 1. The van der Waals surface area contributed by atoms with Crippen LogP contribution in [0.15, 0.2) is 84.0 Å². The van der Waals surface area contributed by atoms with Crippen molar-refractivity contribution >= 4 is 41.7 Å². The second-order valence-corrected chi connectivity index (χ2v) is 13.1. The van der Waals surface area contributed by atoms with Crippen LogP contribution < -0.4 is 21.0 Å². The minimum Gasteiger partial charge on any atom is -0.406 e. The molecular formula is C27H34N4O2SSi. The molecule has 1 aliphatic heterocycles. The van der Waals surface area contributed by atoms with Crippen LogP contribution in [0.2, 0.25) is 6.04 Å². The van der Waals surface area contributed by atoms with E-state index in [-0.39, 0.29) is 18.1 Å². The highest BCUT2D eigenvalue weighted by Crippen LogP contribution is 2.26. The van der Waals surface area contributed by atoms with Crippen LogP contribution in [0.5, 0.6) is 0 Å². The molecule has 0 saturated heterocycles. The van der Waals surface area contributed by atoms with Crippen LogP contribution in [0.3, 0.4) is 0 Å². The number of fused-ring (bicyclic) bond motifs is 1. The summed E-state index contributed by atoms with van der Waals surface area (Å²) in [5.74, 6) is 0. The van der Waals surface area contributed by atoms with E-state index in [9.17, 15) is 4.79 Å². The normalized spacial score (nSPS) is 18.1. The number of hydrogen-bond donors (Lipinski definition) is 2. The molecule has 0 aliphatic carbocycles. The van der Waals surface area contributed by atoms with Gasteiger partial charge in [-0.25, -0.2) is 4.79 Å². The SMILES string of the molecule is CCCC[Si](OC[C@@H]1NC(=O)n2cccc2[C@H]1N/C(=N\C)SC)(c1ccccc1)c1ccccc1. The van der Waals surface area contributed by atoms with Gasteiger partial charge in [0, 0.05) is 13.2 Å². The fourth-order valence-electron chi connectivity index (χ4n) is 4.78. The summed E-state index contributed by atoms with van der Waals surface area (Å²) in [7, 11) is -0.782. The van der Waals surface area contributed by atoms with Crippen molar-refractivity contribution in [3.05, 3.63) is 84.7 Å². The Morgan fingerprint density at radius 2 is 1.74 bits per heavy atom. The third-order valence-corrected chi connectivity index (χ3v) is 11.5. The Balaban J connectivity index is 1.71. The Hall–Kier alpha value is -2.81. The monoisotopic (exact) mass is 506 g/mol. The highest BCUT2D eigenvalue weighted by atomic mass is 32.2. The average Bonchev–Trinajstić information content (AvgIpc) is 3.41. The molecule has 0 radical (unpaired) electrons. The summed E-state index contributed by atoms with van der Waals surface area (Å²) in [6.07, 6.45) is 5.97. The number of thioether (sulfide) groups is 1. The first-order valence-electron chi connectivity index (χ1n) is 12.1. The van der Waals surface area contributed by atoms with Gasteiger partial charge in [0.25, 0.3) is 8.32 Å². The summed E-state index contributed by atoms with van der Waals surface area (Å²) in [6.45, 7) is 2.62. The van der Waals surface area contributed by atoms with Gasteiger partial charge in [-0.05, 0) is 34.8 Å². The van der Waals surface area contributed by atoms with Gasteiger partial charge in [0.1, 0.15) is 0 Å². The average molecular weight is 507 g/mol. The van der Waals surface area contributed by atoms with Gasteiger partial charge in [-0.2, -0.15) is 0 Å². The van der Waals surface area contributed by atoms with E-state index in [1.165, 1.54) is 10.4 Å². The first kappa shape index (κ1) is 25.3. The van der Waals surface area contributed by atoms with Gasteiger partial charge in [0.2, 0.25) is 0 Å². The molecule has 0 bridgehead atoms. The van der Waals surface area contributed by atoms with Crippen molar-refractivity contribution in [2.75, 3.05) is 19.9 Å². The van der Waals surface area contributed by atoms with E-state index >= 15 is 0 Å². The zero-order valence-corrected chi connectivity index (χ0v) is 22.4. The standard InChI is InChI=1S/C27H34N4O2SSi/c1-4-5-19-35(21-13-8-6-9-14-21,22-15-10-7-11-16-22)33-20-23-25(30-26(28-2)34-3)24-17-12-18-31(24)27(32)29-23/h6-18,23,25H,4-5,19-20H2,1-3H3,(H,28,30)(H,29,32)/t23-,25-/m0/s1. The summed E-state index contributed by atoms with van der Waals surface area (Å²) in [6, 6.07) is 25.6. The van der Waals surface area contributed by atoms with E-state index in [0.717, 1.165) is 29.7 Å². The van der Waals surface area contributed by atoms with Crippen molar-refractivity contribution in [3.8, 4) is 0 Å². The number of rotatable bonds is 9. The second kappa shape index (κ2) is 11.7. The molecule has 1 aromatic heterocycles. The summed E-state index contributed by atoms with van der Waals surface area (Å²) >= 11 is 1.56. The number of amidine groups is 1. The zero-order chi connectivity index (χ0) is 24.7. The number of carbonyl (C=O) groups excluding carboxylic acids is 1. The maximum absolute atomic E-state index is 12.9. The molecule has 0 saturated carbocycles. The molecule has 2 heterocycles. The van der Waals surface area contributed by atoms with Crippen LogP contribution in [0.4, 0.5) is 4.79 Å². The zero-order valence-electron chi connectivity index (χ0n) is 20.6. The lowest BCUT2D eigenvalue weighted by molar-refractivity contribution is 0.199. The fraction of sp³-hybridized carbons (Fsp3) is 0.333. The van der Waals surface area contributed by atoms with Crippen molar-refractivity contribution in [1.29, 1.82) is 0 Å². The first-order valence-corrected chi connectivity index (χ1v) is 15.5. The van der Waals surface area contributed by atoms with E-state index in [4.69, 9.17) is 4.43 Å². The van der Waals surface area contributed by atoms with Crippen molar-refractivity contribution in [3.63, 3.8) is 0 Å². The predicted octanol–water partition coefficient (Wildman–Crippen LogP) is 3.98. The minimum absolute atomic E-state index is 0.129. The first-order chi connectivity index (χ1) is 17.1. The van der Waals surface area contributed by atoms with Crippen LogP contribution in [0.25, 0.3) is 0 Å². The van der Waals surface area contributed by atoms with Crippen LogP contribution in [-0.2, 0) is 4.43 Å².